The van der Waals surface area contributed by atoms with Crippen LogP contribution in [0, 0.1) is 17.8 Å². The first-order valence-corrected chi connectivity index (χ1v) is 4.53. The highest BCUT2D eigenvalue weighted by atomic mass is 19.1. The van der Waals surface area contributed by atoms with Crippen molar-refractivity contribution in [1.82, 2.24) is 10.3 Å². The van der Waals surface area contributed by atoms with E-state index in [1.165, 1.54) is 19.2 Å². The highest BCUT2D eigenvalue weighted by Crippen LogP contribution is 1.96. The average Bonchev–Trinajstić information content (AvgIpc) is 2.20. The van der Waals surface area contributed by atoms with Crippen LogP contribution in [0.15, 0.2) is 18.3 Å². The normalized spacial score (nSPS) is 8.93. The van der Waals surface area contributed by atoms with Gasteiger partial charge in [-0.1, -0.05) is 11.8 Å². The van der Waals surface area contributed by atoms with Crippen LogP contribution in [0.4, 0.5) is 4.39 Å². The zero-order valence-corrected chi connectivity index (χ0v) is 8.38. The van der Waals surface area contributed by atoms with Gasteiger partial charge in [0.15, 0.2) is 0 Å². The molecule has 0 unspecified atom stereocenters. The van der Waals surface area contributed by atoms with Crippen molar-refractivity contribution in [1.29, 1.82) is 0 Å². The molecule has 4 heteroatoms. The Morgan fingerprint density at radius 1 is 1.60 bits per heavy atom. The van der Waals surface area contributed by atoms with E-state index in [1.807, 2.05) is 0 Å². The van der Waals surface area contributed by atoms with Crippen LogP contribution in [0.2, 0.25) is 0 Å². The number of hydrogen-bond acceptors (Lipinski definition) is 2. The molecule has 0 aliphatic heterocycles. The molecule has 0 radical (unpaired) electrons. The van der Waals surface area contributed by atoms with E-state index in [0.717, 1.165) is 0 Å². The van der Waals surface area contributed by atoms with Gasteiger partial charge in [-0.05, 0) is 12.1 Å². The van der Waals surface area contributed by atoms with Crippen molar-refractivity contribution in [2.75, 3.05) is 6.54 Å². The van der Waals surface area contributed by atoms with Crippen molar-refractivity contribution in [3.05, 3.63) is 29.8 Å². The predicted molar refractivity (Wildman–Crippen MR) is 54.4 cm³/mol. The third-order valence-electron chi connectivity index (χ3n) is 1.58. The van der Waals surface area contributed by atoms with Gasteiger partial charge in [0.2, 0.25) is 11.9 Å². The van der Waals surface area contributed by atoms with Gasteiger partial charge < -0.3 is 5.32 Å². The van der Waals surface area contributed by atoms with Crippen LogP contribution in [0.3, 0.4) is 0 Å². The lowest BCUT2D eigenvalue weighted by Gasteiger charge is -1.94. The molecule has 0 aliphatic rings. The van der Waals surface area contributed by atoms with Gasteiger partial charge in [0.25, 0.3) is 0 Å². The largest absolute Gasteiger partial charge is 0.355 e. The molecule has 0 aliphatic carbocycles. The summed E-state index contributed by atoms with van der Waals surface area (Å²) in [7, 11) is 0. The number of amides is 1. The average molecular weight is 206 g/mol. The molecule has 1 amide bonds. The Kier molecular flexibility index (Phi) is 4.30. The summed E-state index contributed by atoms with van der Waals surface area (Å²) in [5, 5.41) is 2.62. The summed E-state index contributed by atoms with van der Waals surface area (Å²) < 4.78 is 12.4. The van der Waals surface area contributed by atoms with Crippen LogP contribution in [0.1, 0.15) is 18.9 Å². The Bertz CT molecular complexity index is 389. The second-order valence-corrected chi connectivity index (χ2v) is 2.90. The van der Waals surface area contributed by atoms with Gasteiger partial charge in [-0.15, -0.1) is 0 Å². The van der Waals surface area contributed by atoms with E-state index < -0.39 is 5.95 Å². The van der Waals surface area contributed by atoms with E-state index >= 15 is 0 Å². The third-order valence-corrected chi connectivity index (χ3v) is 1.58. The van der Waals surface area contributed by atoms with Crippen molar-refractivity contribution >= 4 is 5.91 Å². The van der Waals surface area contributed by atoms with Gasteiger partial charge in [-0.2, -0.15) is 4.39 Å². The Labute approximate surface area is 87.7 Å². The Balaban J connectivity index is 2.38. The molecular weight excluding hydrogens is 195 g/mol. The van der Waals surface area contributed by atoms with Crippen LogP contribution < -0.4 is 5.32 Å². The van der Waals surface area contributed by atoms with Crippen molar-refractivity contribution in [2.24, 2.45) is 0 Å². The molecule has 0 atom stereocenters. The number of halogens is 1. The molecule has 1 rings (SSSR count). The van der Waals surface area contributed by atoms with Crippen LogP contribution >= 0.6 is 0 Å². The second-order valence-electron chi connectivity index (χ2n) is 2.90. The molecule has 1 aromatic heterocycles. The minimum atomic E-state index is -0.515. The van der Waals surface area contributed by atoms with E-state index in [9.17, 15) is 9.18 Å². The lowest BCUT2D eigenvalue weighted by atomic mass is 10.3. The first-order chi connectivity index (χ1) is 7.18. The van der Waals surface area contributed by atoms with Gasteiger partial charge >= 0.3 is 0 Å². The molecule has 3 nitrogen and oxygen atoms in total. The molecule has 0 fully saturated rings. The number of nitrogens with zero attached hydrogens (tertiary/aromatic N) is 1. The fraction of sp³-hybridized carbons (Fsp3) is 0.273. The minimum absolute atomic E-state index is 0.0692. The topological polar surface area (TPSA) is 42.0 Å². The lowest BCUT2D eigenvalue weighted by molar-refractivity contribution is -0.118. The van der Waals surface area contributed by atoms with E-state index in [-0.39, 0.29) is 5.91 Å². The summed E-state index contributed by atoms with van der Waals surface area (Å²) in [6, 6.07) is 2.82. The van der Waals surface area contributed by atoms with Crippen LogP contribution in [0.25, 0.3) is 0 Å². The number of aromatic nitrogens is 1. The quantitative estimate of drug-likeness (QED) is 0.447. The maximum absolute atomic E-state index is 12.4. The fourth-order valence-corrected chi connectivity index (χ4v) is 0.915. The Hall–Kier alpha value is -1.89. The van der Waals surface area contributed by atoms with E-state index in [4.69, 9.17) is 0 Å². The molecule has 1 N–H and O–H groups in total. The number of pyridine rings is 1. The molecule has 0 aromatic carbocycles. The molecule has 1 aromatic rings. The van der Waals surface area contributed by atoms with Gasteiger partial charge in [-0.25, -0.2) is 4.98 Å². The number of carbonyl (C=O) groups is 1. The van der Waals surface area contributed by atoms with E-state index in [2.05, 4.69) is 22.1 Å². The summed E-state index contributed by atoms with van der Waals surface area (Å²) in [4.78, 5) is 14.0. The monoisotopic (exact) mass is 206 g/mol. The second kappa shape index (κ2) is 5.76. The van der Waals surface area contributed by atoms with Crippen LogP contribution in [0.5, 0.6) is 0 Å². The zero-order valence-electron chi connectivity index (χ0n) is 8.38. The molecule has 0 saturated heterocycles. The van der Waals surface area contributed by atoms with Crippen molar-refractivity contribution < 1.29 is 9.18 Å². The van der Waals surface area contributed by atoms with Gasteiger partial charge in [0, 0.05) is 31.6 Å². The van der Waals surface area contributed by atoms with Crippen LogP contribution in [-0.2, 0) is 4.79 Å². The maximum Gasteiger partial charge on any atom is 0.216 e. The Morgan fingerprint density at radius 2 is 2.40 bits per heavy atom. The SMILES string of the molecule is CC(=O)NCCC#Cc1ccc(F)nc1. The van der Waals surface area contributed by atoms with E-state index in [0.29, 0.717) is 18.5 Å². The standard InChI is InChI=1S/C11H11FN2O/c1-9(15)13-7-3-2-4-10-5-6-11(12)14-8-10/h5-6,8H,3,7H2,1H3,(H,13,15). The number of nitrogens with one attached hydrogen (secondary N) is 1. The fourth-order valence-electron chi connectivity index (χ4n) is 0.915. The maximum atomic E-state index is 12.4. The molecule has 0 bridgehead atoms. The first kappa shape index (κ1) is 11.2. The van der Waals surface area contributed by atoms with Crippen molar-refractivity contribution in [3.8, 4) is 11.8 Å². The highest BCUT2D eigenvalue weighted by molar-refractivity contribution is 5.72. The van der Waals surface area contributed by atoms with Crippen molar-refractivity contribution in [3.63, 3.8) is 0 Å². The smallest absolute Gasteiger partial charge is 0.216 e. The zero-order chi connectivity index (χ0) is 11.1. The molecule has 78 valence electrons. The summed E-state index contributed by atoms with van der Waals surface area (Å²) in [5.41, 5.74) is 0.666. The van der Waals surface area contributed by atoms with Gasteiger partial charge in [0.05, 0.1) is 0 Å². The summed E-state index contributed by atoms with van der Waals surface area (Å²) >= 11 is 0. The number of hydrogen-bond donors (Lipinski definition) is 1. The number of rotatable bonds is 2. The molecular formula is C11H11FN2O. The minimum Gasteiger partial charge on any atom is -0.355 e. The summed E-state index contributed by atoms with van der Waals surface area (Å²) in [6.07, 6.45) is 1.94. The summed E-state index contributed by atoms with van der Waals surface area (Å²) in [6.45, 7) is 1.98. The van der Waals surface area contributed by atoms with Gasteiger partial charge in [-0.3, -0.25) is 4.79 Å². The highest BCUT2D eigenvalue weighted by Gasteiger charge is 1.90. The van der Waals surface area contributed by atoms with Crippen molar-refractivity contribution in [2.45, 2.75) is 13.3 Å². The first-order valence-electron chi connectivity index (χ1n) is 4.53. The summed E-state index contributed by atoms with van der Waals surface area (Å²) in [5.74, 6) is 5.08. The number of carbonyl (C=O) groups excluding carboxylic acids is 1. The third kappa shape index (κ3) is 4.77. The predicted octanol–water partition coefficient (Wildman–Crippen LogP) is 1.10. The van der Waals surface area contributed by atoms with E-state index in [1.54, 1.807) is 6.07 Å². The molecule has 15 heavy (non-hydrogen) atoms. The molecule has 0 saturated carbocycles. The molecule has 1 heterocycles. The Morgan fingerprint density at radius 3 is 3.00 bits per heavy atom. The molecule has 0 spiro atoms. The van der Waals surface area contributed by atoms with Gasteiger partial charge in [0.1, 0.15) is 0 Å². The lowest BCUT2D eigenvalue weighted by Crippen LogP contribution is -2.20. The van der Waals surface area contributed by atoms with Crippen LogP contribution in [-0.4, -0.2) is 17.4 Å².